The zero-order valence-electron chi connectivity index (χ0n) is 12.3. The first kappa shape index (κ1) is 17.3. The Labute approximate surface area is 135 Å². The van der Waals surface area contributed by atoms with E-state index in [1.807, 2.05) is 0 Å². The lowest BCUT2D eigenvalue weighted by atomic mass is 10.2. The molecule has 0 aromatic heterocycles. The highest BCUT2D eigenvalue weighted by Crippen LogP contribution is 2.14. The lowest BCUT2D eigenvalue weighted by molar-refractivity contribution is -0.123. The Morgan fingerprint density at radius 1 is 1.17 bits per heavy atom. The predicted octanol–water partition coefficient (Wildman–Crippen LogP) is 2.96. The second kappa shape index (κ2) is 8.56. The number of amides is 1. The molecule has 0 saturated carbocycles. The largest absolute Gasteiger partial charge is 0.484 e. The average Bonchev–Trinajstić information content (AvgIpc) is 2.54. The maximum Gasteiger partial charge on any atom is 0.387 e. The van der Waals surface area contributed by atoms with Gasteiger partial charge in [-0.15, -0.1) is 0 Å². The van der Waals surface area contributed by atoms with Crippen molar-refractivity contribution in [1.29, 1.82) is 0 Å². The molecule has 0 heterocycles. The van der Waals surface area contributed by atoms with Crippen LogP contribution < -0.4 is 14.9 Å². The van der Waals surface area contributed by atoms with E-state index in [2.05, 4.69) is 15.3 Å². The van der Waals surface area contributed by atoms with Gasteiger partial charge < -0.3 is 9.47 Å². The number of halogens is 3. The lowest BCUT2D eigenvalue weighted by Gasteiger charge is -2.05. The molecule has 2 aromatic carbocycles. The van der Waals surface area contributed by atoms with Gasteiger partial charge in [0.1, 0.15) is 17.3 Å². The molecule has 0 aliphatic rings. The Balaban J connectivity index is 1.77. The van der Waals surface area contributed by atoms with Gasteiger partial charge in [-0.1, -0.05) is 6.07 Å². The minimum atomic E-state index is -2.89. The number of hydrazone groups is 1. The second-order valence-corrected chi connectivity index (χ2v) is 4.49. The summed E-state index contributed by atoms with van der Waals surface area (Å²) < 4.78 is 46.2. The molecule has 5 nitrogen and oxygen atoms in total. The molecule has 0 atom stereocenters. The van der Waals surface area contributed by atoms with Gasteiger partial charge in [0.05, 0.1) is 6.21 Å². The van der Waals surface area contributed by atoms with E-state index in [0.717, 1.165) is 6.07 Å². The van der Waals surface area contributed by atoms with E-state index >= 15 is 0 Å². The number of hydrogen-bond donors (Lipinski definition) is 1. The number of nitrogens with zero attached hydrogens (tertiary/aromatic N) is 1. The summed E-state index contributed by atoms with van der Waals surface area (Å²) in [4.78, 5) is 11.5. The summed E-state index contributed by atoms with van der Waals surface area (Å²) in [6.45, 7) is -3.22. The van der Waals surface area contributed by atoms with Gasteiger partial charge in [0.15, 0.2) is 6.61 Å². The first-order chi connectivity index (χ1) is 11.5. The van der Waals surface area contributed by atoms with Gasteiger partial charge in [0.25, 0.3) is 5.91 Å². The van der Waals surface area contributed by atoms with Crippen molar-refractivity contribution in [2.45, 2.75) is 6.61 Å². The number of carbonyl (C=O) groups excluding carboxylic acids is 1. The number of rotatable bonds is 7. The molecule has 126 valence electrons. The van der Waals surface area contributed by atoms with E-state index in [0.29, 0.717) is 5.56 Å². The first-order valence-electron chi connectivity index (χ1n) is 6.78. The van der Waals surface area contributed by atoms with E-state index in [-0.39, 0.29) is 18.1 Å². The standard InChI is InChI=1S/C16H13F3N2O3/c17-12-2-1-3-14(8-12)23-10-15(22)21-20-9-11-4-6-13(7-5-11)24-16(18)19/h1-9,16H,10H2,(H,21,22)/b20-9-. The van der Waals surface area contributed by atoms with Crippen LogP contribution in [0, 0.1) is 5.82 Å². The molecule has 1 amide bonds. The van der Waals surface area contributed by atoms with Crippen molar-refractivity contribution in [3.63, 3.8) is 0 Å². The number of ether oxygens (including phenoxy) is 2. The summed E-state index contributed by atoms with van der Waals surface area (Å²) in [5.41, 5.74) is 2.80. The van der Waals surface area contributed by atoms with Crippen molar-refractivity contribution in [2.75, 3.05) is 6.61 Å². The Kier molecular flexibility index (Phi) is 6.18. The van der Waals surface area contributed by atoms with Gasteiger partial charge >= 0.3 is 6.61 Å². The fourth-order valence-electron chi connectivity index (χ4n) is 1.65. The topological polar surface area (TPSA) is 59.9 Å². The smallest absolute Gasteiger partial charge is 0.387 e. The number of benzene rings is 2. The van der Waals surface area contributed by atoms with Crippen LogP contribution >= 0.6 is 0 Å². The highest BCUT2D eigenvalue weighted by Gasteiger charge is 2.04. The van der Waals surface area contributed by atoms with Crippen LogP contribution in [0.15, 0.2) is 53.6 Å². The monoisotopic (exact) mass is 338 g/mol. The molecule has 0 saturated heterocycles. The zero-order chi connectivity index (χ0) is 17.4. The van der Waals surface area contributed by atoms with Gasteiger partial charge in [-0.25, -0.2) is 9.82 Å². The summed E-state index contributed by atoms with van der Waals surface area (Å²) in [6, 6.07) is 11.1. The van der Waals surface area contributed by atoms with E-state index in [1.54, 1.807) is 0 Å². The van der Waals surface area contributed by atoms with Crippen molar-refractivity contribution in [3.05, 3.63) is 59.9 Å². The Morgan fingerprint density at radius 2 is 1.92 bits per heavy atom. The minimum absolute atomic E-state index is 0.0229. The molecule has 0 spiro atoms. The average molecular weight is 338 g/mol. The molecule has 0 unspecified atom stereocenters. The van der Waals surface area contributed by atoms with Crippen molar-refractivity contribution < 1.29 is 27.4 Å². The van der Waals surface area contributed by atoms with Gasteiger partial charge in [0, 0.05) is 6.07 Å². The molecule has 1 N–H and O–H groups in total. The summed E-state index contributed by atoms with van der Waals surface area (Å²) in [6.07, 6.45) is 1.33. The molecule has 2 aromatic rings. The van der Waals surface area contributed by atoms with Gasteiger partial charge in [0.2, 0.25) is 0 Å². The molecule has 0 radical (unpaired) electrons. The quantitative estimate of drug-likeness (QED) is 0.624. The van der Waals surface area contributed by atoms with Crippen LogP contribution in [0.25, 0.3) is 0 Å². The van der Waals surface area contributed by atoms with Crippen molar-refractivity contribution in [1.82, 2.24) is 5.43 Å². The molecular weight excluding hydrogens is 325 g/mol. The number of alkyl halides is 2. The molecular formula is C16H13F3N2O3. The summed E-state index contributed by atoms with van der Waals surface area (Å²) in [5, 5.41) is 3.69. The molecule has 2 rings (SSSR count). The van der Waals surface area contributed by atoms with Crippen molar-refractivity contribution in [3.8, 4) is 11.5 Å². The molecule has 0 aliphatic carbocycles. The molecule has 0 aliphatic heterocycles. The summed E-state index contributed by atoms with van der Waals surface area (Å²) >= 11 is 0. The summed E-state index contributed by atoms with van der Waals surface area (Å²) in [7, 11) is 0. The first-order valence-corrected chi connectivity index (χ1v) is 6.78. The molecule has 0 bridgehead atoms. The van der Waals surface area contributed by atoms with E-state index in [9.17, 15) is 18.0 Å². The van der Waals surface area contributed by atoms with Crippen LogP contribution in [-0.4, -0.2) is 25.3 Å². The summed E-state index contributed by atoms with van der Waals surface area (Å²) in [5.74, 6) is -0.753. The van der Waals surface area contributed by atoms with Crippen LogP contribution in [-0.2, 0) is 4.79 Å². The van der Waals surface area contributed by atoms with Gasteiger partial charge in [-0.3, -0.25) is 4.79 Å². The highest BCUT2D eigenvalue weighted by atomic mass is 19.3. The third kappa shape index (κ3) is 5.99. The van der Waals surface area contributed by atoms with Crippen LogP contribution in [0.4, 0.5) is 13.2 Å². The zero-order valence-corrected chi connectivity index (χ0v) is 12.3. The Bertz CT molecular complexity index is 706. The van der Waals surface area contributed by atoms with E-state index in [4.69, 9.17) is 4.74 Å². The third-order valence-corrected chi connectivity index (χ3v) is 2.67. The minimum Gasteiger partial charge on any atom is -0.484 e. The Morgan fingerprint density at radius 3 is 2.58 bits per heavy atom. The van der Waals surface area contributed by atoms with Gasteiger partial charge in [-0.05, 0) is 42.0 Å². The van der Waals surface area contributed by atoms with Crippen LogP contribution in [0.5, 0.6) is 11.5 Å². The SMILES string of the molecule is O=C(COc1cccc(F)c1)N/N=C\c1ccc(OC(F)F)cc1. The molecule has 0 fully saturated rings. The van der Waals surface area contributed by atoms with Crippen LogP contribution in [0.3, 0.4) is 0 Å². The van der Waals surface area contributed by atoms with Crippen molar-refractivity contribution in [2.24, 2.45) is 5.10 Å². The Hall–Kier alpha value is -3.03. The maximum absolute atomic E-state index is 12.9. The van der Waals surface area contributed by atoms with Gasteiger partial charge in [-0.2, -0.15) is 13.9 Å². The van der Waals surface area contributed by atoms with Crippen LogP contribution in [0.1, 0.15) is 5.56 Å². The molecule has 8 heteroatoms. The second-order valence-electron chi connectivity index (χ2n) is 4.49. The van der Waals surface area contributed by atoms with Crippen molar-refractivity contribution >= 4 is 12.1 Å². The van der Waals surface area contributed by atoms with E-state index in [1.165, 1.54) is 48.7 Å². The predicted molar refractivity (Wildman–Crippen MR) is 80.7 cm³/mol. The highest BCUT2D eigenvalue weighted by molar-refractivity contribution is 5.83. The van der Waals surface area contributed by atoms with Crippen LogP contribution in [0.2, 0.25) is 0 Å². The maximum atomic E-state index is 12.9. The number of nitrogens with one attached hydrogen (secondary N) is 1. The molecule has 24 heavy (non-hydrogen) atoms. The van der Waals surface area contributed by atoms with E-state index < -0.39 is 18.3 Å². The normalized spacial score (nSPS) is 10.8. The lowest BCUT2D eigenvalue weighted by Crippen LogP contribution is -2.24. The fraction of sp³-hybridized carbons (Fsp3) is 0.125. The third-order valence-electron chi connectivity index (χ3n) is 2.67. The number of hydrogen-bond acceptors (Lipinski definition) is 4. The number of carbonyl (C=O) groups is 1. The fourth-order valence-corrected chi connectivity index (χ4v) is 1.65.